The van der Waals surface area contributed by atoms with Crippen molar-refractivity contribution in [1.29, 1.82) is 0 Å². The molecule has 5 nitrogen and oxygen atoms in total. The van der Waals surface area contributed by atoms with Crippen molar-refractivity contribution in [3.63, 3.8) is 0 Å². The van der Waals surface area contributed by atoms with E-state index in [2.05, 4.69) is 10.1 Å². The van der Waals surface area contributed by atoms with E-state index >= 15 is 0 Å². The first-order chi connectivity index (χ1) is 10.0. The van der Waals surface area contributed by atoms with Crippen LogP contribution in [0.3, 0.4) is 0 Å². The fourth-order valence-electron chi connectivity index (χ4n) is 1.59. The Morgan fingerprint density at radius 1 is 1.43 bits per heavy atom. The van der Waals surface area contributed by atoms with Gasteiger partial charge in [0.2, 0.25) is 0 Å². The molecule has 8 heteroatoms. The fraction of sp³-hybridized carbons (Fsp3) is 0.231. The third kappa shape index (κ3) is 3.85. The zero-order chi connectivity index (χ0) is 15.4. The number of halogens is 2. The van der Waals surface area contributed by atoms with Crippen LogP contribution in [0, 0.1) is 6.92 Å². The van der Waals surface area contributed by atoms with E-state index in [0.29, 0.717) is 25.5 Å². The van der Waals surface area contributed by atoms with E-state index in [0.717, 1.165) is 5.56 Å². The van der Waals surface area contributed by atoms with Gasteiger partial charge in [0, 0.05) is 22.9 Å². The van der Waals surface area contributed by atoms with Crippen LogP contribution in [0.25, 0.3) is 0 Å². The van der Waals surface area contributed by atoms with Crippen LogP contribution in [0.4, 0.5) is 0 Å². The molecule has 0 amide bonds. The van der Waals surface area contributed by atoms with Crippen LogP contribution in [-0.4, -0.2) is 21.4 Å². The first-order valence-corrected chi connectivity index (χ1v) is 7.47. The predicted octanol–water partition coefficient (Wildman–Crippen LogP) is 3.51. The van der Waals surface area contributed by atoms with Gasteiger partial charge < -0.3 is 15.1 Å². The summed E-state index contributed by atoms with van der Waals surface area (Å²) in [5.74, 6) is -0.0366. The highest BCUT2D eigenvalue weighted by Crippen LogP contribution is 2.31. The minimum atomic E-state index is -0.256. The summed E-state index contributed by atoms with van der Waals surface area (Å²) in [7, 11) is 0. The second-order valence-electron chi connectivity index (χ2n) is 4.15. The molecule has 2 rings (SSSR count). The lowest BCUT2D eigenvalue weighted by molar-refractivity contribution is 0.132. The third-order valence-electron chi connectivity index (χ3n) is 2.73. The molecule has 0 spiro atoms. The topological polar surface area (TPSA) is 74.9 Å². The maximum absolute atomic E-state index is 9.92. The van der Waals surface area contributed by atoms with Crippen LogP contribution in [0.1, 0.15) is 22.4 Å². The van der Waals surface area contributed by atoms with Gasteiger partial charge in [-0.3, -0.25) is 4.98 Å². The molecule has 0 radical (unpaired) electrons. The molecule has 0 saturated carbocycles. The van der Waals surface area contributed by atoms with Gasteiger partial charge in [0.25, 0.3) is 0 Å². The number of aliphatic hydroxyl groups excluding tert-OH is 1. The number of pyridine rings is 1. The van der Waals surface area contributed by atoms with E-state index in [1.807, 2.05) is 0 Å². The average molecular weight is 347 g/mol. The molecule has 0 aromatic carbocycles. The molecular formula is C13H12Cl2N2O3S. The Bertz CT molecular complexity index is 674. The molecule has 0 unspecified atom stereocenters. The molecule has 0 bridgehead atoms. The smallest absolute Gasteiger partial charge is 0.146 e. The number of aromatic nitrogens is 1. The van der Waals surface area contributed by atoms with Crippen LogP contribution in [0.5, 0.6) is 5.75 Å². The van der Waals surface area contributed by atoms with Crippen LogP contribution in [-0.2, 0) is 18.1 Å². The van der Waals surface area contributed by atoms with E-state index in [9.17, 15) is 10.2 Å². The second-order valence-corrected chi connectivity index (χ2v) is 6.43. The number of thiophene rings is 1. The number of rotatable bonds is 5. The summed E-state index contributed by atoms with van der Waals surface area (Å²) in [4.78, 5) is 9.09. The van der Waals surface area contributed by atoms with Crippen molar-refractivity contribution in [3.05, 3.63) is 43.3 Å². The first-order valence-electron chi connectivity index (χ1n) is 5.90. The fourth-order valence-corrected chi connectivity index (χ4v) is 3.05. The largest absolute Gasteiger partial charge is 0.505 e. The third-order valence-corrected chi connectivity index (χ3v) is 4.30. The highest BCUT2D eigenvalue weighted by molar-refractivity contribution is 7.20. The van der Waals surface area contributed by atoms with Gasteiger partial charge in [0.15, 0.2) is 0 Å². The zero-order valence-corrected chi connectivity index (χ0v) is 13.3. The van der Waals surface area contributed by atoms with E-state index in [1.54, 1.807) is 13.0 Å². The van der Waals surface area contributed by atoms with Gasteiger partial charge in [-0.05, 0) is 13.0 Å². The first kappa shape index (κ1) is 16.0. The molecule has 0 aliphatic rings. The van der Waals surface area contributed by atoms with Gasteiger partial charge in [0.1, 0.15) is 16.7 Å². The van der Waals surface area contributed by atoms with Crippen LogP contribution in [0.15, 0.2) is 17.4 Å². The molecule has 2 N–H and O–H groups in total. The Balaban J connectivity index is 2.08. The van der Waals surface area contributed by atoms with Gasteiger partial charge in [-0.2, -0.15) is 0 Å². The van der Waals surface area contributed by atoms with Crippen LogP contribution in [0.2, 0.25) is 8.67 Å². The maximum atomic E-state index is 9.92. The maximum Gasteiger partial charge on any atom is 0.146 e. The highest BCUT2D eigenvalue weighted by atomic mass is 35.5. The predicted molar refractivity (Wildman–Crippen MR) is 83.3 cm³/mol. The van der Waals surface area contributed by atoms with E-state index in [1.165, 1.54) is 23.7 Å². The molecule has 0 aliphatic carbocycles. The molecule has 0 saturated heterocycles. The van der Waals surface area contributed by atoms with Crippen molar-refractivity contribution in [2.24, 2.45) is 5.16 Å². The van der Waals surface area contributed by atoms with Gasteiger partial charge in [0.05, 0.1) is 22.9 Å². The Morgan fingerprint density at radius 2 is 2.19 bits per heavy atom. The van der Waals surface area contributed by atoms with Crippen molar-refractivity contribution in [2.75, 3.05) is 0 Å². The van der Waals surface area contributed by atoms with Gasteiger partial charge in [-0.1, -0.05) is 28.4 Å². The highest BCUT2D eigenvalue weighted by Gasteiger charge is 2.10. The van der Waals surface area contributed by atoms with Crippen molar-refractivity contribution in [2.45, 2.75) is 20.1 Å². The molecule has 0 aliphatic heterocycles. The molecule has 2 heterocycles. The quantitative estimate of drug-likeness (QED) is 0.641. The second kappa shape index (κ2) is 7.09. The summed E-state index contributed by atoms with van der Waals surface area (Å²) in [6, 6.07) is 1.71. The van der Waals surface area contributed by atoms with Crippen LogP contribution >= 0.6 is 34.5 Å². The molecule has 112 valence electrons. The van der Waals surface area contributed by atoms with E-state index < -0.39 is 0 Å². The molecule has 2 aromatic rings. The Hall–Kier alpha value is -1.34. The summed E-state index contributed by atoms with van der Waals surface area (Å²) in [6.45, 7) is 1.56. The number of aliphatic hydroxyl groups is 1. The molecule has 0 fully saturated rings. The number of nitrogens with zero attached hydrogens (tertiary/aromatic N) is 2. The van der Waals surface area contributed by atoms with E-state index in [4.69, 9.17) is 28.0 Å². The summed E-state index contributed by atoms with van der Waals surface area (Å²) in [5.41, 5.74) is 2.02. The summed E-state index contributed by atoms with van der Waals surface area (Å²) < 4.78 is 1.13. The lowest BCUT2D eigenvalue weighted by Crippen LogP contribution is -1.98. The molecule has 0 atom stereocenters. The van der Waals surface area contributed by atoms with Crippen molar-refractivity contribution < 1.29 is 15.1 Å². The number of hydrogen-bond donors (Lipinski definition) is 2. The normalized spacial score (nSPS) is 11.2. The van der Waals surface area contributed by atoms with Crippen LogP contribution < -0.4 is 0 Å². The Morgan fingerprint density at radius 3 is 2.81 bits per heavy atom. The standard InChI is InChI=1S/C13H12Cl2N2O3S/c1-7-12(19)10(9(5-18)3-16-7)4-17-20-6-8-2-11(14)21-13(8)15/h2-4,18-19H,5-6H2,1H3/b17-4+. The lowest BCUT2D eigenvalue weighted by atomic mass is 10.1. The van der Waals surface area contributed by atoms with Gasteiger partial charge in [-0.15, -0.1) is 11.3 Å². The number of aromatic hydroxyl groups is 1. The summed E-state index contributed by atoms with van der Waals surface area (Å²) >= 11 is 13.0. The number of hydrogen-bond acceptors (Lipinski definition) is 6. The number of oxime groups is 1. The SMILES string of the molecule is Cc1ncc(CO)c(/C=N/OCc2cc(Cl)sc2Cl)c1O. The molecular weight excluding hydrogens is 335 g/mol. The average Bonchev–Trinajstić information content (AvgIpc) is 2.77. The van der Waals surface area contributed by atoms with E-state index in [-0.39, 0.29) is 19.0 Å². The Kier molecular flexibility index (Phi) is 5.41. The Labute approximate surface area is 135 Å². The molecule has 21 heavy (non-hydrogen) atoms. The summed E-state index contributed by atoms with van der Waals surface area (Å²) in [5, 5.41) is 22.9. The van der Waals surface area contributed by atoms with Gasteiger partial charge in [-0.25, -0.2) is 0 Å². The van der Waals surface area contributed by atoms with Crippen molar-refractivity contribution >= 4 is 40.8 Å². The monoisotopic (exact) mass is 346 g/mol. The molecule has 2 aromatic heterocycles. The minimum Gasteiger partial charge on any atom is -0.505 e. The zero-order valence-electron chi connectivity index (χ0n) is 11.0. The lowest BCUT2D eigenvalue weighted by Gasteiger charge is -2.06. The van der Waals surface area contributed by atoms with Gasteiger partial charge >= 0.3 is 0 Å². The van der Waals surface area contributed by atoms with Crippen molar-refractivity contribution in [3.8, 4) is 5.75 Å². The minimum absolute atomic E-state index is 0.0366. The number of aryl methyl sites for hydroxylation is 1. The van der Waals surface area contributed by atoms with Crippen molar-refractivity contribution in [1.82, 2.24) is 4.98 Å². The summed E-state index contributed by atoms with van der Waals surface area (Å²) in [6.07, 6.45) is 2.81.